The highest BCUT2D eigenvalue weighted by Gasteiger charge is 2.10. The highest BCUT2D eigenvalue weighted by molar-refractivity contribution is 9.10. The molecule has 0 N–H and O–H groups in total. The monoisotopic (exact) mass is 322 g/mol. The summed E-state index contributed by atoms with van der Waals surface area (Å²) in [5, 5.41) is 0.662. The second kappa shape index (κ2) is 7.93. The maximum Gasteiger partial charge on any atom is 0.191 e. The topological polar surface area (TPSA) is 27.7 Å². The molecule has 0 bridgehead atoms. The summed E-state index contributed by atoms with van der Waals surface area (Å²) >= 11 is 9.23. The van der Waals surface area contributed by atoms with Gasteiger partial charge in [0.1, 0.15) is 12.4 Å². The number of ether oxygens (including phenoxy) is 3. The van der Waals surface area contributed by atoms with E-state index >= 15 is 0 Å². The van der Waals surface area contributed by atoms with Gasteiger partial charge >= 0.3 is 0 Å². The minimum atomic E-state index is -0.340. The van der Waals surface area contributed by atoms with E-state index in [4.69, 9.17) is 25.8 Å². The van der Waals surface area contributed by atoms with Crippen LogP contribution in [0.25, 0.3) is 0 Å². The molecule has 1 aromatic rings. The van der Waals surface area contributed by atoms with Crippen LogP contribution in [0.1, 0.15) is 13.8 Å². The van der Waals surface area contributed by atoms with Crippen molar-refractivity contribution in [3.05, 3.63) is 27.7 Å². The van der Waals surface area contributed by atoms with E-state index in [0.29, 0.717) is 24.8 Å². The van der Waals surface area contributed by atoms with E-state index in [-0.39, 0.29) is 6.29 Å². The maximum absolute atomic E-state index is 5.84. The van der Waals surface area contributed by atoms with Crippen molar-refractivity contribution in [1.29, 1.82) is 0 Å². The van der Waals surface area contributed by atoms with E-state index in [9.17, 15) is 0 Å². The Hall–Kier alpha value is -0.290. The number of benzene rings is 1. The van der Waals surface area contributed by atoms with Gasteiger partial charge in [-0.25, -0.2) is 0 Å². The molecule has 0 aliphatic heterocycles. The quantitative estimate of drug-likeness (QED) is 0.713. The molecule has 0 radical (unpaired) electrons. The molecule has 96 valence electrons. The summed E-state index contributed by atoms with van der Waals surface area (Å²) in [5.41, 5.74) is 0. The van der Waals surface area contributed by atoms with Gasteiger partial charge in [0, 0.05) is 18.2 Å². The lowest BCUT2D eigenvalue weighted by atomic mass is 10.3. The van der Waals surface area contributed by atoms with Gasteiger partial charge in [0.2, 0.25) is 0 Å². The van der Waals surface area contributed by atoms with Gasteiger partial charge in [-0.2, -0.15) is 0 Å². The molecule has 1 aromatic carbocycles. The molecular formula is C12H16BrClO3. The molecule has 0 saturated carbocycles. The number of rotatable bonds is 7. The van der Waals surface area contributed by atoms with Gasteiger partial charge < -0.3 is 14.2 Å². The minimum absolute atomic E-state index is 0.340. The standard InChI is InChI=1S/C12H16BrClO3/c1-3-15-12(16-4-2)8-17-11-6-5-9(14)7-10(11)13/h5-7,12H,3-4,8H2,1-2H3. The van der Waals surface area contributed by atoms with Gasteiger partial charge in [-0.15, -0.1) is 0 Å². The summed E-state index contributed by atoms with van der Waals surface area (Å²) < 4.78 is 17.2. The molecule has 3 nitrogen and oxygen atoms in total. The van der Waals surface area contributed by atoms with Crippen LogP contribution in [0.15, 0.2) is 22.7 Å². The van der Waals surface area contributed by atoms with Crippen LogP contribution in [0.5, 0.6) is 5.75 Å². The predicted octanol–water partition coefficient (Wildman–Crippen LogP) is 3.88. The first-order chi connectivity index (χ1) is 8.17. The molecule has 0 unspecified atom stereocenters. The summed E-state index contributed by atoms with van der Waals surface area (Å²) in [5.74, 6) is 0.721. The summed E-state index contributed by atoms with van der Waals surface area (Å²) in [6, 6.07) is 5.37. The van der Waals surface area contributed by atoms with Crippen molar-refractivity contribution in [2.45, 2.75) is 20.1 Å². The third-order valence-corrected chi connectivity index (χ3v) is 2.83. The molecule has 0 saturated heterocycles. The smallest absolute Gasteiger partial charge is 0.191 e. The molecule has 5 heteroatoms. The van der Waals surface area contributed by atoms with Crippen LogP contribution < -0.4 is 4.74 Å². The first kappa shape index (κ1) is 14.8. The fraction of sp³-hybridized carbons (Fsp3) is 0.500. The molecule has 0 spiro atoms. The van der Waals surface area contributed by atoms with E-state index in [1.54, 1.807) is 18.2 Å². The van der Waals surface area contributed by atoms with Crippen molar-refractivity contribution >= 4 is 27.5 Å². The third kappa shape index (κ3) is 5.25. The minimum Gasteiger partial charge on any atom is -0.487 e. The molecule has 0 atom stereocenters. The summed E-state index contributed by atoms with van der Waals surface area (Å²) in [4.78, 5) is 0. The van der Waals surface area contributed by atoms with E-state index in [2.05, 4.69) is 15.9 Å². The average Bonchev–Trinajstić information content (AvgIpc) is 2.28. The second-order valence-corrected chi connectivity index (χ2v) is 4.52. The fourth-order valence-corrected chi connectivity index (χ4v) is 2.06. The first-order valence-electron chi connectivity index (χ1n) is 5.48. The molecule has 0 aliphatic carbocycles. The van der Waals surface area contributed by atoms with Crippen molar-refractivity contribution < 1.29 is 14.2 Å². The van der Waals surface area contributed by atoms with Crippen LogP contribution in [0.4, 0.5) is 0 Å². The van der Waals surface area contributed by atoms with Gasteiger partial charge in [-0.3, -0.25) is 0 Å². The van der Waals surface area contributed by atoms with Gasteiger partial charge in [-0.1, -0.05) is 11.6 Å². The molecular weight excluding hydrogens is 307 g/mol. The molecule has 0 amide bonds. The summed E-state index contributed by atoms with van der Waals surface area (Å²) in [6.07, 6.45) is -0.340. The zero-order chi connectivity index (χ0) is 12.7. The van der Waals surface area contributed by atoms with Gasteiger partial charge in [0.25, 0.3) is 0 Å². The lowest BCUT2D eigenvalue weighted by Gasteiger charge is -2.18. The van der Waals surface area contributed by atoms with Crippen molar-refractivity contribution in [2.75, 3.05) is 19.8 Å². The first-order valence-corrected chi connectivity index (χ1v) is 6.65. The van der Waals surface area contributed by atoms with Crippen LogP contribution in [-0.2, 0) is 9.47 Å². The Bertz CT molecular complexity index is 341. The largest absolute Gasteiger partial charge is 0.487 e. The Labute approximate surface area is 115 Å². The second-order valence-electron chi connectivity index (χ2n) is 3.23. The van der Waals surface area contributed by atoms with Crippen molar-refractivity contribution in [3.8, 4) is 5.75 Å². The van der Waals surface area contributed by atoms with E-state index in [0.717, 1.165) is 10.2 Å². The molecule has 0 heterocycles. The van der Waals surface area contributed by atoms with Crippen LogP contribution in [0, 0.1) is 0 Å². The third-order valence-electron chi connectivity index (χ3n) is 1.97. The van der Waals surface area contributed by atoms with Crippen molar-refractivity contribution in [1.82, 2.24) is 0 Å². The lowest BCUT2D eigenvalue weighted by molar-refractivity contribution is -0.152. The fourth-order valence-electron chi connectivity index (χ4n) is 1.27. The summed E-state index contributed by atoms with van der Waals surface area (Å²) in [7, 11) is 0. The van der Waals surface area contributed by atoms with Crippen molar-refractivity contribution in [3.63, 3.8) is 0 Å². The molecule has 1 rings (SSSR count). The molecule has 0 aliphatic rings. The highest BCUT2D eigenvalue weighted by atomic mass is 79.9. The van der Waals surface area contributed by atoms with Crippen LogP contribution >= 0.6 is 27.5 Å². The zero-order valence-electron chi connectivity index (χ0n) is 9.91. The van der Waals surface area contributed by atoms with Gasteiger partial charge in [0.05, 0.1) is 4.47 Å². The van der Waals surface area contributed by atoms with E-state index in [1.165, 1.54) is 0 Å². The Morgan fingerprint density at radius 3 is 2.41 bits per heavy atom. The number of hydrogen-bond donors (Lipinski definition) is 0. The Kier molecular flexibility index (Phi) is 6.89. The van der Waals surface area contributed by atoms with Crippen molar-refractivity contribution in [2.24, 2.45) is 0 Å². The Morgan fingerprint density at radius 1 is 1.24 bits per heavy atom. The lowest BCUT2D eigenvalue weighted by Crippen LogP contribution is -2.25. The number of hydrogen-bond acceptors (Lipinski definition) is 3. The highest BCUT2D eigenvalue weighted by Crippen LogP contribution is 2.28. The van der Waals surface area contributed by atoms with Crippen LogP contribution in [-0.4, -0.2) is 26.1 Å². The molecule has 0 aromatic heterocycles. The SMILES string of the molecule is CCOC(COc1ccc(Cl)cc1Br)OCC. The number of halogens is 2. The Morgan fingerprint density at radius 2 is 1.88 bits per heavy atom. The van der Waals surface area contributed by atoms with E-state index < -0.39 is 0 Å². The van der Waals surface area contributed by atoms with Gasteiger partial charge in [-0.05, 0) is 48.0 Å². The molecule has 0 fully saturated rings. The predicted molar refractivity (Wildman–Crippen MR) is 71.7 cm³/mol. The maximum atomic E-state index is 5.84. The average molecular weight is 324 g/mol. The van der Waals surface area contributed by atoms with E-state index in [1.807, 2.05) is 13.8 Å². The van der Waals surface area contributed by atoms with Crippen LogP contribution in [0.2, 0.25) is 5.02 Å². The van der Waals surface area contributed by atoms with Crippen LogP contribution in [0.3, 0.4) is 0 Å². The molecule has 17 heavy (non-hydrogen) atoms. The Balaban J connectivity index is 2.52. The zero-order valence-corrected chi connectivity index (χ0v) is 12.3. The summed E-state index contributed by atoms with van der Waals surface area (Å²) in [6.45, 7) is 5.38. The van der Waals surface area contributed by atoms with Gasteiger partial charge in [0.15, 0.2) is 6.29 Å². The normalized spacial score (nSPS) is 10.9.